The topological polar surface area (TPSA) is 75.3 Å². The van der Waals surface area contributed by atoms with E-state index >= 15 is 0 Å². The molecule has 5 heteroatoms. The van der Waals surface area contributed by atoms with Crippen LogP contribution in [0.5, 0.6) is 0 Å². The van der Waals surface area contributed by atoms with Gasteiger partial charge in [0.1, 0.15) is 0 Å². The summed E-state index contributed by atoms with van der Waals surface area (Å²) in [6.45, 7) is -0.339. The van der Waals surface area contributed by atoms with E-state index in [4.69, 9.17) is 10.2 Å². The molecule has 0 saturated heterocycles. The first kappa shape index (κ1) is 10.4. The Morgan fingerprint density at radius 3 is 2.50 bits per heavy atom. The standard InChI is InChI=1S/C11H10N2O3/c14-7-8-6-13(12-10(8)11(15)16)9-4-2-1-3-5-9/h1-6,14H,7H2,(H,15,16). The van der Waals surface area contributed by atoms with Gasteiger partial charge in [-0.1, -0.05) is 18.2 Å². The number of aliphatic hydroxyl groups is 1. The average molecular weight is 218 g/mol. The number of hydrogen-bond acceptors (Lipinski definition) is 3. The second kappa shape index (κ2) is 4.16. The largest absolute Gasteiger partial charge is 0.476 e. The maximum atomic E-state index is 10.8. The maximum Gasteiger partial charge on any atom is 0.356 e. The van der Waals surface area contributed by atoms with Gasteiger partial charge in [-0.2, -0.15) is 5.10 Å². The zero-order valence-corrected chi connectivity index (χ0v) is 8.37. The molecule has 0 aliphatic rings. The van der Waals surface area contributed by atoms with Crippen LogP contribution in [-0.2, 0) is 6.61 Å². The Hall–Kier alpha value is -2.14. The number of benzene rings is 1. The van der Waals surface area contributed by atoms with Crippen molar-refractivity contribution in [3.63, 3.8) is 0 Å². The number of carboxylic acid groups (broad SMARTS) is 1. The zero-order chi connectivity index (χ0) is 11.5. The fourth-order valence-electron chi connectivity index (χ4n) is 1.42. The predicted octanol–water partition coefficient (Wildman–Crippen LogP) is 1.06. The highest BCUT2D eigenvalue weighted by Gasteiger charge is 2.15. The van der Waals surface area contributed by atoms with Gasteiger partial charge < -0.3 is 10.2 Å². The molecule has 0 saturated carbocycles. The molecule has 16 heavy (non-hydrogen) atoms. The van der Waals surface area contributed by atoms with Gasteiger partial charge in [0.2, 0.25) is 0 Å². The van der Waals surface area contributed by atoms with Crippen LogP contribution in [0.2, 0.25) is 0 Å². The summed E-state index contributed by atoms with van der Waals surface area (Å²) in [7, 11) is 0. The molecule has 0 radical (unpaired) electrons. The summed E-state index contributed by atoms with van der Waals surface area (Å²) < 4.78 is 1.44. The zero-order valence-electron chi connectivity index (χ0n) is 8.37. The summed E-state index contributed by atoms with van der Waals surface area (Å²) in [5.74, 6) is -1.14. The van der Waals surface area contributed by atoms with Crippen LogP contribution in [0.3, 0.4) is 0 Å². The lowest BCUT2D eigenvalue weighted by atomic mass is 10.2. The molecule has 0 aliphatic carbocycles. The first-order valence-corrected chi connectivity index (χ1v) is 4.70. The molecule has 2 rings (SSSR count). The molecule has 0 spiro atoms. The molecule has 82 valence electrons. The minimum atomic E-state index is -1.14. The highest BCUT2D eigenvalue weighted by atomic mass is 16.4. The van der Waals surface area contributed by atoms with E-state index in [9.17, 15) is 4.79 Å². The third-order valence-electron chi connectivity index (χ3n) is 2.18. The van der Waals surface area contributed by atoms with Gasteiger partial charge in [-0.25, -0.2) is 9.48 Å². The van der Waals surface area contributed by atoms with Crippen LogP contribution in [0.1, 0.15) is 16.1 Å². The molecular weight excluding hydrogens is 208 g/mol. The van der Waals surface area contributed by atoms with Crippen molar-refractivity contribution in [1.82, 2.24) is 9.78 Å². The fraction of sp³-hybridized carbons (Fsp3) is 0.0909. The number of carboxylic acids is 1. The highest BCUT2D eigenvalue weighted by molar-refractivity contribution is 5.87. The van der Waals surface area contributed by atoms with Crippen molar-refractivity contribution in [3.8, 4) is 5.69 Å². The summed E-state index contributed by atoms with van der Waals surface area (Å²) in [5, 5.41) is 21.8. The molecule has 1 aromatic heterocycles. The van der Waals surface area contributed by atoms with E-state index in [1.54, 1.807) is 12.1 Å². The Morgan fingerprint density at radius 1 is 1.31 bits per heavy atom. The number of para-hydroxylation sites is 1. The molecule has 0 unspecified atom stereocenters. The van der Waals surface area contributed by atoms with Crippen molar-refractivity contribution in [1.29, 1.82) is 0 Å². The monoisotopic (exact) mass is 218 g/mol. The summed E-state index contributed by atoms with van der Waals surface area (Å²) in [6.07, 6.45) is 1.51. The number of hydrogen-bond donors (Lipinski definition) is 2. The van der Waals surface area contributed by atoms with E-state index in [1.165, 1.54) is 10.9 Å². The minimum Gasteiger partial charge on any atom is -0.476 e. The second-order valence-corrected chi connectivity index (χ2v) is 3.25. The molecule has 5 nitrogen and oxygen atoms in total. The Balaban J connectivity index is 2.48. The molecule has 2 N–H and O–H groups in total. The summed E-state index contributed by atoms with van der Waals surface area (Å²) in [5.41, 5.74) is 0.937. The van der Waals surface area contributed by atoms with E-state index in [2.05, 4.69) is 5.10 Å². The number of rotatable bonds is 3. The molecule has 0 bridgehead atoms. The van der Waals surface area contributed by atoms with Crippen molar-refractivity contribution in [3.05, 3.63) is 47.8 Å². The van der Waals surface area contributed by atoms with E-state index in [1.807, 2.05) is 18.2 Å². The van der Waals surface area contributed by atoms with E-state index in [0.717, 1.165) is 5.69 Å². The van der Waals surface area contributed by atoms with Crippen molar-refractivity contribution < 1.29 is 15.0 Å². The number of carbonyl (C=O) groups is 1. The van der Waals surface area contributed by atoms with Gasteiger partial charge in [0.15, 0.2) is 5.69 Å². The maximum absolute atomic E-state index is 10.8. The van der Waals surface area contributed by atoms with Gasteiger partial charge in [0.25, 0.3) is 0 Å². The number of nitrogens with zero attached hydrogens (tertiary/aromatic N) is 2. The summed E-state index contributed by atoms with van der Waals surface area (Å²) in [6, 6.07) is 9.13. The number of aromatic carboxylic acids is 1. The molecule has 2 aromatic rings. The van der Waals surface area contributed by atoms with Crippen LogP contribution < -0.4 is 0 Å². The summed E-state index contributed by atoms with van der Waals surface area (Å²) >= 11 is 0. The van der Waals surface area contributed by atoms with Crippen molar-refractivity contribution in [2.24, 2.45) is 0 Å². The molecule has 1 heterocycles. The predicted molar refractivity (Wildman–Crippen MR) is 56.4 cm³/mol. The SMILES string of the molecule is O=C(O)c1nn(-c2ccccc2)cc1CO. The summed E-state index contributed by atoms with van der Waals surface area (Å²) in [4.78, 5) is 10.8. The van der Waals surface area contributed by atoms with Gasteiger partial charge in [-0.3, -0.25) is 0 Å². The Labute approximate surface area is 91.6 Å². The van der Waals surface area contributed by atoms with Gasteiger partial charge in [-0.05, 0) is 12.1 Å². The average Bonchev–Trinajstić information content (AvgIpc) is 2.74. The Kier molecular flexibility index (Phi) is 2.70. The van der Waals surface area contributed by atoms with Gasteiger partial charge in [0, 0.05) is 11.8 Å². The lowest BCUT2D eigenvalue weighted by Crippen LogP contribution is -2.02. The van der Waals surface area contributed by atoms with Gasteiger partial charge >= 0.3 is 5.97 Å². The Bertz CT molecular complexity index is 505. The molecular formula is C11H10N2O3. The lowest BCUT2D eigenvalue weighted by molar-refractivity contribution is 0.0686. The highest BCUT2D eigenvalue weighted by Crippen LogP contribution is 2.12. The number of aromatic nitrogens is 2. The van der Waals surface area contributed by atoms with Crippen LogP contribution in [0.15, 0.2) is 36.5 Å². The van der Waals surface area contributed by atoms with E-state index < -0.39 is 5.97 Å². The Morgan fingerprint density at radius 2 is 2.00 bits per heavy atom. The van der Waals surface area contributed by atoms with Crippen LogP contribution in [0.25, 0.3) is 5.69 Å². The van der Waals surface area contributed by atoms with Crippen LogP contribution >= 0.6 is 0 Å². The molecule has 0 fully saturated rings. The van der Waals surface area contributed by atoms with E-state index in [-0.39, 0.29) is 12.3 Å². The number of aliphatic hydroxyl groups excluding tert-OH is 1. The fourth-order valence-corrected chi connectivity index (χ4v) is 1.42. The second-order valence-electron chi connectivity index (χ2n) is 3.25. The molecule has 0 amide bonds. The van der Waals surface area contributed by atoms with Gasteiger partial charge in [0.05, 0.1) is 12.3 Å². The third-order valence-corrected chi connectivity index (χ3v) is 2.18. The van der Waals surface area contributed by atoms with Gasteiger partial charge in [-0.15, -0.1) is 0 Å². The molecule has 0 aliphatic heterocycles. The lowest BCUT2D eigenvalue weighted by Gasteiger charge is -1.98. The quantitative estimate of drug-likeness (QED) is 0.807. The minimum absolute atomic E-state index is 0.119. The molecule has 1 aromatic carbocycles. The first-order chi connectivity index (χ1) is 7.72. The smallest absolute Gasteiger partial charge is 0.356 e. The van der Waals surface area contributed by atoms with E-state index in [0.29, 0.717) is 5.56 Å². The van der Waals surface area contributed by atoms with Crippen LogP contribution in [0, 0.1) is 0 Å². The van der Waals surface area contributed by atoms with Crippen molar-refractivity contribution in [2.75, 3.05) is 0 Å². The van der Waals surface area contributed by atoms with Crippen LogP contribution in [-0.4, -0.2) is 26.0 Å². The molecule has 0 atom stereocenters. The van der Waals surface area contributed by atoms with Crippen LogP contribution in [0.4, 0.5) is 0 Å². The normalized spacial score (nSPS) is 10.3. The van der Waals surface area contributed by atoms with Crippen molar-refractivity contribution >= 4 is 5.97 Å². The van der Waals surface area contributed by atoms with Crippen molar-refractivity contribution in [2.45, 2.75) is 6.61 Å². The third kappa shape index (κ3) is 1.80. The first-order valence-electron chi connectivity index (χ1n) is 4.70.